The molecule has 0 radical (unpaired) electrons. The zero-order chi connectivity index (χ0) is 15.3. The van der Waals surface area contributed by atoms with Gasteiger partial charge in [-0.25, -0.2) is 0 Å². The van der Waals surface area contributed by atoms with Gasteiger partial charge in [0.1, 0.15) is 5.54 Å². The fourth-order valence-electron chi connectivity index (χ4n) is 3.07. The van der Waals surface area contributed by atoms with E-state index in [1.807, 2.05) is 6.92 Å². The minimum atomic E-state index is -0.642. The number of hydrogen-bond donors (Lipinski definition) is 1. The maximum atomic E-state index is 12.1. The molecule has 1 N–H and O–H groups in total. The summed E-state index contributed by atoms with van der Waals surface area (Å²) in [6.07, 6.45) is 1.14. The smallest absolute Gasteiger partial charge is 0.327 e. The molecule has 2 unspecified atom stereocenters. The Labute approximate surface area is 123 Å². The molecular formula is C15H31N3O2. The molecule has 5 nitrogen and oxygen atoms in total. The van der Waals surface area contributed by atoms with Gasteiger partial charge < -0.3 is 9.64 Å². The highest BCUT2D eigenvalue weighted by Crippen LogP contribution is 2.16. The highest BCUT2D eigenvalue weighted by molar-refractivity contribution is 5.80. The van der Waals surface area contributed by atoms with Crippen molar-refractivity contribution in [1.82, 2.24) is 15.1 Å². The van der Waals surface area contributed by atoms with Crippen molar-refractivity contribution in [3.8, 4) is 0 Å². The molecule has 0 spiro atoms. The highest BCUT2D eigenvalue weighted by atomic mass is 16.5. The minimum absolute atomic E-state index is 0.182. The predicted molar refractivity (Wildman–Crippen MR) is 81.8 cm³/mol. The van der Waals surface area contributed by atoms with Crippen LogP contribution in [-0.4, -0.2) is 73.7 Å². The SMILES string of the molecule is CCC1CN(CC(C)(NC(C)C)C(=O)OC)CCN1C. The Morgan fingerprint density at radius 1 is 1.45 bits per heavy atom. The molecule has 0 aromatic rings. The maximum Gasteiger partial charge on any atom is 0.327 e. The van der Waals surface area contributed by atoms with Crippen molar-refractivity contribution in [3.63, 3.8) is 0 Å². The summed E-state index contributed by atoms with van der Waals surface area (Å²) in [4.78, 5) is 16.9. The van der Waals surface area contributed by atoms with Gasteiger partial charge in [0.25, 0.3) is 0 Å². The summed E-state index contributed by atoms with van der Waals surface area (Å²) in [5.74, 6) is -0.182. The van der Waals surface area contributed by atoms with Crippen LogP contribution in [0.1, 0.15) is 34.1 Å². The van der Waals surface area contributed by atoms with E-state index >= 15 is 0 Å². The van der Waals surface area contributed by atoms with Crippen molar-refractivity contribution >= 4 is 5.97 Å². The third-order valence-electron chi connectivity index (χ3n) is 4.12. The third-order valence-corrected chi connectivity index (χ3v) is 4.12. The van der Waals surface area contributed by atoms with E-state index in [0.29, 0.717) is 12.6 Å². The van der Waals surface area contributed by atoms with E-state index in [9.17, 15) is 4.79 Å². The normalized spacial score (nSPS) is 24.6. The van der Waals surface area contributed by atoms with Crippen molar-refractivity contribution < 1.29 is 9.53 Å². The Bertz CT molecular complexity index is 322. The summed E-state index contributed by atoms with van der Waals surface area (Å²) in [5, 5.41) is 3.37. The van der Waals surface area contributed by atoms with Crippen molar-refractivity contribution in [2.45, 2.75) is 51.7 Å². The molecule has 1 rings (SSSR count). The van der Waals surface area contributed by atoms with E-state index < -0.39 is 5.54 Å². The molecule has 0 aromatic carbocycles. The molecule has 5 heteroatoms. The topological polar surface area (TPSA) is 44.8 Å². The molecule has 0 bridgehead atoms. The second-order valence-corrected chi connectivity index (χ2v) is 6.40. The van der Waals surface area contributed by atoms with Crippen molar-refractivity contribution in [2.24, 2.45) is 0 Å². The molecule has 2 atom stereocenters. The molecule has 1 fully saturated rings. The summed E-state index contributed by atoms with van der Waals surface area (Å²) >= 11 is 0. The van der Waals surface area contributed by atoms with Gasteiger partial charge in [0.15, 0.2) is 0 Å². The standard InChI is InChI=1S/C15H31N3O2/c1-7-13-10-18(9-8-17(13)5)11-15(4,14(19)20-6)16-12(2)3/h12-13,16H,7-11H2,1-6H3. The molecule has 1 aliphatic heterocycles. The number of ether oxygens (including phenoxy) is 1. The summed E-state index contributed by atoms with van der Waals surface area (Å²) in [5.41, 5.74) is -0.642. The second kappa shape index (κ2) is 7.38. The third kappa shape index (κ3) is 4.43. The van der Waals surface area contributed by atoms with E-state index in [1.165, 1.54) is 7.11 Å². The average molecular weight is 285 g/mol. The Hall–Kier alpha value is -0.650. The number of esters is 1. The van der Waals surface area contributed by atoms with Crippen LogP contribution in [0.5, 0.6) is 0 Å². The first-order chi connectivity index (χ1) is 9.32. The molecule has 118 valence electrons. The van der Waals surface area contributed by atoms with Crippen LogP contribution in [0.15, 0.2) is 0 Å². The number of nitrogens with one attached hydrogen (secondary N) is 1. The number of carbonyl (C=O) groups excluding carboxylic acids is 1. The van der Waals surface area contributed by atoms with Crippen molar-refractivity contribution in [1.29, 1.82) is 0 Å². The number of carbonyl (C=O) groups is 1. The molecule has 20 heavy (non-hydrogen) atoms. The quantitative estimate of drug-likeness (QED) is 0.736. The van der Waals surface area contributed by atoms with Crippen LogP contribution >= 0.6 is 0 Å². The van der Waals surface area contributed by atoms with E-state index in [1.54, 1.807) is 0 Å². The summed E-state index contributed by atoms with van der Waals surface area (Å²) in [6.45, 7) is 12.0. The molecule has 1 saturated heterocycles. The van der Waals surface area contributed by atoms with Gasteiger partial charge in [-0.2, -0.15) is 0 Å². The van der Waals surface area contributed by atoms with Crippen molar-refractivity contribution in [3.05, 3.63) is 0 Å². The van der Waals surface area contributed by atoms with Gasteiger partial charge in [0.05, 0.1) is 7.11 Å². The van der Waals surface area contributed by atoms with Crippen LogP contribution in [0, 0.1) is 0 Å². The van der Waals surface area contributed by atoms with E-state index in [0.717, 1.165) is 26.1 Å². The van der Waals surface area contributed by atoms with Gasteiger partial charge >= 0.3 is 5.97 Å². The molecule has 0 aliphatic carbocycles. The van der Waals surface area contributed by atoms with Gasteiger partial charge in [-0.15, -0.1) is 0 Å². The lowest BCUT2D eigenvalue weighted by Gasteiger charge is -2.42. The lowest BCUT2D eigenvalue weighted by atomic mass is 9.99. The van der Waals surface area contributed by atoms with Crippen LogP contribution in [-0.2, 0) is 9.53 Å². The first-order valence-electron chi connectivity index (χ1n) is 7.61. The molecule has 0 aromatic heterocycles. The minimum Gasteiger partial charge on any atom is -0.468 e. The van der Waals surface area contributed by atoms with E-state index in [4.69, 9.17) is 4.74 Å². The number of piperazine rings is 1. The lowest BCUT2D eigenvalue weighted by molar-refractivity contribution is -0.149. The largest absolute Gasteiger partial charge is 0.468 e. The molecule has 1 aliphatic rings. The van der Waals surface area contributed by atoms with Crippen molar-refractivity contribution in [2.75, 3.05) is 40.3 Å². The number of methoxy groups -OCH3 is 1. The van der Waals surface area contributed by atoms with Crippen LogP contribution in [0.2, 0.25) is 0 Å². The van der Waals surface area contributed by atoms with Gasteiger partial charge in [0, 0.05) is 38.3 Å². The zero-order valence-electron chi connectivity index (χ0n) is 13.9. The molecular weight excluding hydrogens is 254 g/mol. The van der Waals surface area contributed by atoms with Gasteiger partial charge in [-0.05, 0) is 34.2 Å². The summed E-state index contributed by atoms with van der Waals surface area (Å²) < 4.78 is 4.99. The van der Waals surface area contributed by atoms with Crippen LogP contribution in [0.25, 0.3) is 0 Å². The molecule has 0 saturated carbocycles. The monoisotopic (exact) mass is 285 g/mol. The number of likely N-dealkylation sites (N-methyl/N-ethyl adjacent to an activating group) is 1. The molecule has 1 heterocycles. The highest BCUT2D eigenvalue weighted by Gasteiger charge is 2.38. The van der Waals surface area contributed by atoms with Gasteiger partial charge in [-0.3, -0.25) is 15.0 Å². The zero-order valence-corrected chi connectivity index (χ0v) is 13.9. The van der Waals surface area contributed by atoms with Gasteiger partial charge in [-0.1, -0.05) is 6.92 Å². The van der Waals surface area contributed by atoms with E-state index in [2.05, 4.69) is 42.9 Å². The molecule has 0 amide bonds. The van der Waals surface area contributed by atoms with Crippen LogP contribution in [0.3, 0.4) is 0 Å². The summed E-state index contributed by atoms with van der Waals surface area (Å²) in [7, 11) is 3.64. The van der Waals surface area contributed by atoms with Gasteiger partial charge in [0.2, 0.25) is 0 Å². The maximum absolute atomic E-state index is 12.1. The van der Waals surface area contributed by atoms with Crippen LogP contribution < -0.4 is 5.32 Å². The Morgan fingerprint density at radius 2 is 2.10 bits per heavy atom. The Morgan fingerprint density at radius 3 is 2.60 bits per heavy atom. The van der Waals surface area contributed by atoms with E-state index in [-0.39, 0.29) is 12.0 Å². The summed E-state index contributed by atoms with van der Waals surface area (Å²) in [6, 6.07) is 0.818. The first-order valence-corrected chi connectivity index (χ1v) is 7.61. The fourth-order valence-corrected chi connectivity index (χ4v) is 3.07. The fraction of sp³-hybridized carbons (Fsp3) is 0.933. The number of hydrogen-bond acceptors (Lipinski definition) is 5. The Balaban J connectivity index is 2.72. The van der Waals surface area contributed by atoms with Crippen LogP contribution in [0.4, 0.5) is 0 Å². The average Bonchev–Trinajstić information content (AvgIpc) is 2.39. The number of nitrogens with zero attached hydrogens (tertiary/aromatic N) is 2. The second-order valence-electron chi connectivity index (χ2n) is 6.40. The Kier molecular flexibility index (Phi) is 6.43. The lowest BCUT2D eigenvalue weighted by Crippen LogP contribution is -2.62. The first kappa shape index (κ1) is 17.4. The number of rotatable bonds is 6. The predicted octanol–water partition coefficient (Wildman–Crippen LogP) is 0.942.